The predicted molar refractivity (Wildman–Crippen MR) is 140 cm³/mol. The van der Waals surface area contributed by atoms with Gasteiger partial charge in [0.2, 0.25) is 5.91 Å². The number of hydrogen-bond donors (Lipinski definition) is 1. The van der Waals surface area contributed by atoms with Gasteiger partial charge in [0.05, 0.1) is 39.0 Å². The summed E-state index contributed by atoms with van der Waals surface area (Å²) in [5, 5.41) is -0.469. The van der Waals surface area contributed by atoms with E-state index >= 15 is 0 Å². The molecule has 1 aliphatic heterocycles. The van der Waals surface area contributed by atoms with Crippen LogP contribution in [0.15, 0.2) is 48.5 Å². The number of anilines is 1. The first-order chi connectivity index (χ1) is 17.9. The van der Waals surface area contributed by atoms with E-state index in [1.807, 2.05) is 12.1 Å². The number of carbonyl (C=O) groups is 3. The first kappa shape index (κ1) is 25.9. The van der Waals surface area contributed by atoms with Crippen LogP contribution >= 0.6 is 11.8 Å². The second-order valence-electron chi connectivity index (χ2n) is 7.87. The predicted octanol–water partition coefficient (Wildman–Crippen LogP) is 2.50. The number of methoxy groups -OCH3 is 3. The van der Waals surface area contributed by atoms with E-state index in [2.05, 4.69) is 0 Å². The Kier molecular flexibility index (Phi) is 7.58. The zero-order valence-corrected chi connectivity index (χ0v) is 21.6. The van der Waals surface area contributed by atoms with Crippen molar-refractivity contribution in [2.24, 2.45) is 0 Å². The van der Waals surface area contributed by atoms with Crippen molar-refractivity contribution in [1.29, 1.82) is 0 Å². The number of fused-ring (bicyclic) bond motifs is 1. The van der Waals surface area contributed by atoms with E-state index < -0.39 is 23.1 Å². The van der Waals surface area contributed by atoms with Crippen LogP contribution in [0.2, 0.25) is 0 Å². The maximum Gasteiger partial charge on any atom is 0.357 e. The normalized spacial score (nSPS) is 15.2. The summed E-state index contributed by atoms with van der Waals surface area (Å²) in [7, 11) is 4.26. The largest absolute Gasteiger partial charge is 0.496 e. The molecule has 1 aromatic heterocycles. The first-order valence-corrected chi connectivity index (χ1v) is 12.2. The summed E-state index contributed by atoms with van der Waals surface area (Å²) in [6.07, 6.45) is 1.67. The molecule has 0 aliphatic carbocycles. The van der Waals surface area contributed by atoms with Crippen molar-refractivity contribution >= 4 is 46.3 Å². The third kappa shape index (κ3) is 4.55. The van der Waals surface area contributed by atoms with Gasteiger partial charge in [0.15, 0.2) is 5.69 Å². The Morgan fingerprint density at radius 3 is 2.30 bits per heavy atom. The molecule has 0 fully saturated rings. The smallest absolute Gasteiger partial charge is 0.357 e. The Balaban J connectivity index is 2.13. The molecule has 1 unspecified atom stereocenters. The minimum atomic E-state index is -0.920. The molecule has 2 aromatic carbocycles. The van der Waals surface area contributed by atoms with Crippen LogP contribution in [-0.2, 0) is 14.3 Å². The number of esters is 2. The molecular formula is C27H26N2O7S. The third-order valence-electron chi connectivity index (χ3n) is 5.84. The van der Waals surface area contributed by atoms with Gasteiger partial charge in [-0.3, -0.25) is 9.36 Å². The summed E-state index contributed by atoms with van der Waals surface area (Å²) in [6, 6.07) is 14.1. The highest BCUT2D eigenvalue weighted by molar-refractivity contribution is 8.10. The van der Waals surface area contributed by atoms with Crippen LogP contribution in [0.5, 0.6) is 11.5 Å². The number of carbonyl (C=O) groups excluding carboxylic acids is 3. The Morgan fingerprint density at radius 2 is 1.65 bits per heavy atom. The fourth-order valence-corrected chi connectivity index (χ4v) is 5.45. The number of rotatable bonds is 7. The molecule has 3 aromatic rings. The van der Waals surface area contributed by atoms with Gasteiger partial charge in [0, 0.05) is 16.3 Å². The highest BCUT2D eigenvalue weighted by atomic mass is 32.2. The molecule has 10 heteroatoms. The Bertz CT molecular complexity index is 1510. The highest BCUT2D eigenvalue weighted by Gasteiger charge is 2.39. The molecule has 1 atom stereocenters. The van der Waals surface area contributed by atoms with E-state index in [-0.39, 0.29) is 28.2 Å². The van der Waals surface area contributed by atoms with Gasteiger partial charge in [-0.2, -0.15) is 0 Å². The van der Waals surface area contributed by atoms with Gasteiger partial charge in [-0.15, -0.1) is 0 Å². The average Bonchev–Trinajstić information content (AvgIpc) is 3.21. The summed E-state index contributed by atoms with van der Waals surface area (Å²) < 4.78 is 22.4. The number of aromatic nitrogens is 1. The van der Waals surface area contributed by atoms with Crippen molar-refractivity contribution in [3.63, 3.8) is 0 Å². The molecule has 2 N–H and O–H groups in total. The van der Waals surface area contributed by atoms with Crippen LogP contribution in [0, 0.1) is 0 Å². The van der Waals surface area contributed by atoms with Crippen LogP contribution < -0.4 is 25.8 Å². The standard InChI is InChI=1S/C27H26N2O7S/c1-5-36-26(31)22-20(28)17(14-15-10-6-8-12-18(15)33-2)21-24(27(32)35-4)37-23(25(30)29(21)22)16-11-7-9-13-19(16)34-3/h6-14,23H,5,28H2,1-4H3/b17-14+. The molecule has 0 bridgehead atoms. The molecule has 0 saturated carbocycles. The lowest BCUT2D eigenvalue weighted by molar-refractivity contribution is -0.133. The summed E-state index contributed by atoms with van der Waals surface area (Å²) in [6.45, 7) is 1.72. The van der Waals surface area contributed by atoms with E-state index in [0.717, 1.165) is 16.3 Å². The van der Waals surface area contributed by atoms with Gasteiger partial charge in [-0.05, 0) is 25.1 Å². The van der Waals surface area contributed by atoms with Crippen molar-refractivity contribution < 1.29 is 33.3 Å². The van der Waals surface area contributed by atoms with Crippen molar-refractivity contribution in [1.82, 2.24) is 4.57 Å². The molecule has 0 radical (unpaired) electrons. The number of thioether (sulfide) groups is 1. The molecule has 0 saturated heterocycles. The van der Waals surface area contributed by atoms with Gasteiger partial charge < -0.3 is 24.7 Å². The van der Waals surface area contributed by atoms with Crippen LogP contribution in [0.3, 0.4) is 0 Å². The fourth-order valence-electron chi connectivity index (χ4n) is 4.20. The Morgan fingerprint density at radius 1 is 1.00 bits per heavy atom. The fraction of sp³-hybridized carbons (Fsp3) is 0.222. The van der Waals surface area contributed by atoms with Crippen LogP contribution in [0.4, 0.5) is 5.69 Å². The maximum atomic E-state index is 14.0. The SMILES string of the molecule is CCOC(=O)c1c(N)/c(=C\c2ccccc2OC)c2n1C(=O)C(c1ccccc1OC)SC=2C(=O)OC. The number of nitrogen functional groups attached to an aromatic ring is 1. The minimum absolute atomic E-state index is 0.00427. The monoisotopic (exact) mass is 522 g/mol. The van der Waals surface area contributed by atoms with Gasteiger partial charge in [0.25, 0.3) is 0 Å². The van der Waals surface area contributed by atoms with Gasteiger partial charge in [0.1, 0.15) is 21.7 Å². The molecular weight excluding hydrogens is 496 g/mol. The van der Waals surface area contributed by atoms with Gasteiger partial charge in [-0.1, -0.05) is 48.2 Å². The summed E-state index contributed by atoms with van der Waals surface area (Å²) in [4.78, 5) is 40.3. The molecule has 4 rings (SSSR count). The first-order valence-electron chi connectivity index (χ1n) is 11.4. The Hall–Kier alpha value is -4.18. The lowest BCUT2D eigenvalue weighted by Gasteiger charge is -2.24. The number of ether oxygens (including phenoxy) is 4. The highest BCUT2D eigenvalue weighted by Crippen LogP contribution is 2.42. The van der Waals surface area contributed by atoms with Crippen molar-refractivity contribution in [2.45, 2.75) is 12.2 Å². The maximum absolute atomic E-state index is 14.0. The Labute approximate surface area is 217 Å². The number of para-hydroxylation sites is 2. The lowest BCUT2D eigenvalue weighted by Crippen LogP contribution is -2.42. The lowest BCUT2D eigenvalue weighted by atomic mass is 10.1. The summed E-state index contributed by atoms with van der Waals surface area (Å²) in [5.74, 6) is -0.947. The summed E-state index contributed by atoms with van der Waals surface area (Å²) >= 11 is 1.01. The second kappa shape index (κ2) is 10.8. The number of nitrogens with zero attached hydrogens (tertiary/aromatic N) is 1. The molecule has 1 aliphatic rings. The topological polar surface area (TPSA) is 119 Å². The van der Waals surface area contributed by atoms with Crippen molar-refractivity contribution in [3.05, 3.63) is 75.9 Å². The average molecular weight is 523 g/mol. The second-order valence-corrected chi connectivity index (χ2v) is 8.98. The molecule has 192 valence electrons. The molecule has 9 nitrogen and oxygen atoms in total. The van der Waals surface area contributed by atoms with Gasteiger partial charge >= 0.3 is 11.9 Å². The van der Waals surface area contributed by atoms with Gasteiger partial charge in [-0.25, -0.2) is 9.59 Å². The van der Waals surface area contributed by atoms with Crippen LogP contribution in [0.25, 0.3) is 11.0 Å². The van der Waals surface area contributed by atoms with E-state index in [4.69, 9.17) is 24.7 Å². The minimum Gasteiger partial charge on any atom is -0.496 e. The molecule has 37 heavy (non-hydrogen) atoms. The van der Waals surface area contributed by atoms with E-state index in [1.165, 1.54) is 21.3 Å². The van der Waals surface area contributed by atoms with Crippen molar-refractivity contribution in [2.75, 3.05) is 33.7 Å². The zero-order valence-electron chi connectivity index (χ0n) is 20.8. The van der Waals surface area contributed by atoms with E-state index in [0.29, 0.717) is 27.8 Å². The van der Waals surface area contributed by atoms with Crippen molar-refractivity contribution in [3.8, 4) is 11.5 Å². The number of benzene rings is 2. The molecule has 0 amide bonds. The van der Waals surface area contributed by atoms with E-state index in [1.54, 1.807) is 49.4 Å². The number of nitrogens with two attached hydrogens (primary N) is 1. The molecule has 0 spiro atoms. The van der Waals surface area contributed by atoms with Crippen LogP contribution in [-0.4, -0.2) is 50.3 Å². The zero-order chi connectivity index (χ0) is 26.7. The third-order valence-corrected chi connectivity index (χ3v) is 7.13. The van der Waals surface area contributed by atoms with Crippen LogP contribution in [0.1, 0.15) is 38.6 Å². The molecule has 2 heterocycles. The summed E-state index contributed by atoms with van der Waals surface area (Å²) in [5.41, 5.74) is 7.51. The quantitative estimate of drug-likeness (QED) is 0.467. The number of hydrogen-bond acceptors (Lipinski definition) is 9. The van der Waals surface area contributed by atoms with E-state index in [9.17, 15) is 14.4 Å².